The van der Waals surface area contributed by atoms with Gasteiger partial charge in [0.1, 0.15) is 0 Å². The summed E-state index contributed by atoms with van der Waals surface area (Å²) in [6.07, 6.45) is 2.53. The molecule has 1 rings (SSSR count). The lowest BCUT2D eigenvalue weighted by molar-refractivity contribution is -0.0180. The van der Waals surface area contributed by atoms with Crippen LogP contribution in [-0.4, -0.2) is 24.9 Å². The zero-order valence-electron chi connectivity index (χ0n) is 5.13. The second-order valence-corrected chi connectivity index (χ2v) is 2.38. The molecule has 0 aromatic rings. The van der Waals surface area contributed by atoms with E-state index in [1.54, 1.807) is 7.11 Å². The Hall–Kier alpha value is -0.0800. The van der Waals surface area contributed by atoms with Gasteiger partial charge in [-0.25, -0.2) is 0 Å². The zero-order chi connectivity index (χ0) is 5.98. The van der Waals surface area contributed by atoms with Crippen LogP contribution in [0, 0.1) is 5.92 Å². The van der Waals surface area contributed by atoms with Gasteiger partial charge in [-0.1, -0.05) is 0 Å². The lowest BCUT2D eigenvalue weighted by atomic mass is 9.83. The van der Waals surface area contributed by atoms with Crippen LogP contribution in [0.5, 0.6) is 0 Å². The predicted molar refractivity (Wildman–Crippen MR) is 30.6 cm³/mol. The SMILES string of the molecule is CO[C@H]1C[C@@H](CO)C1. The number of aliphatic hydroxyl groups is 1. The van der Waals surface area contributed by atoms with Gasteiger partial charge in [-0.2, -0.15) is 0 Å². The fourth-order valence-electron chi connectivity index (χ4n) is 1.02. The minimum atomic E-state index is 0.333. The maximum Gasteiger partial charge on any atom is 0.0578 e. The number of ether oxygens (including phenoxy) is 1. The molecule has 0 heterocycles. The quantitative estimate of drug-likeness (QED) is 0.566. The molecule has 0 saturated heterocycles. The Kier molecular flexibility index (Phi) is 1.86. The molecule has 1 aliphatic carbocycles. The Balaban J connectivity index is 2.03. The second kappa shape index (κ2) is 2.46. The average Bonchev–Trinajstić information content (AvgIpc) is 1.65. The molecule has 0 bridgehead atoms. The van der Waals surface area contributed by atoms with E-state index in [1.165, 1.54) is 0 Å². The molecule has 1 aliphatic rings. The molecule has 2 heteroatoms. The topological polar surface area (TPSA) is 29.5 Å². The third kappa shape index (κ3) is 1.01. The van der Waals surface area contributed by atoms with Crippen LogP contribution in [0.25, 0.3) is 0 Å². The van der Waals surface area contributed by atoms with Crippen molar-refractivity contribution in [3.63, 3.8) is 0 Å². The van der Waals surface area contributed by atoms with Crippen LogP contribution in [0.1, 0.15) is 12.8 Å². The summed E-state index contributed by atoms with van der Waals surface area (Å²) in [6, 6.07) is 0. The van der Waals surface area contributed by atoms with Gasteiger partial charge in [0.2, 0.25) is 0 Å². The molecule has 2 nitrogen and oxygen atoms in total. The molecule has 0 radical (unpaired) electrons. The van der Waals surface area contributed by atoms with Crippen molar-refractivity contribution in [1.29, 1.82) is 0 Å². The van der Waals surface area contributed by atoms with Gasteiger partial charge in [-0.15, -0.1) is 0 Å². The van der Waals surface area contributed by atoms with Gasteiger partial charge >= 0.3 is 0 Å². The third-order valence-corrected chi connectivity index (χ3v) is 1.78. The molecule has 8 heavy (non-hydrogen) atoms. The fourth-order valence-corrected chi connectivity index (χ4v) is 1.02. The maximum atomic E-state index is 8.54. The van der Waals surface area contributed by atoms with E-state index in [2.05, 4.69) is 0 Å². The molecule has 48 valence electrons. The van der Waals surface area contributed by atoms with Crippen molar-refractivity contribution < 1.29 is 9.84 Å². The zero-order valence-corrected chi connectivity index (χ0v) is 5.13. The largest absolute Gasteiger partial charge is 0.396 e. The number of hydrogen-bond donors (Lipinski definition) is 1. The number of rotatable bonds is 2. The number of aliphatic hydroxyl groups excluding tert-OH is 1. The van der Waals surface area contributed by atoms with Gasteiger partial charge < -0.3 is 9.84 Å². The van der Waals surface area contributed by atoms with Crippen molar-refractivity contribution in [3.8, 4) is 0 Å². The number of hydrogen-bond acceptors (Lipinski definition) is 2. The molecule has 0 atom stereocenters. The summed E-state index contributed by atoms with van der Waals surface area (Å²) in [5.41, 5.74) is 0. The molecule has 0 aromatic heterocycles. The van der Waals surface area contributed by atoms with Crippen LogP contribution in [0.15, 0.2) is 0 Å². The molecular formula is C6H12O2. The van der Waals surface area contributed by atoms with E-state index in [9.17, 15) is 0 Å². The van der Waals surface area contributed by atoms with Crippen LogP contribution in [-0.2, 0) is 4.74 Å². The third-order valence-electron chi connectivity index (χ3n) is 1.78. The Labute approximate surface area is 49.5 Å². The Morgan fingerprint density at radius 3 is 2.62 bits per heavy atom. The van der Waals surface area contributed by atoms with Crippen LogP contribution in [0.3, 0.4) is 0 Å². The summed E-state index contributed by atoms with van der Waals surface area (Å²) < 4.78 is 5.01. The molecule has 1 fully saturated rings. The van der Waals surface area contributed by atoms with Crippen LogP contribution in [0.4, 0.5) is 0 Å². The fraction of sp³-hybridized carbons (Fsp3) is 1.00. The van der Waals surface area contributed by atoms with E-state index in [0.717, 1.165) is 12.8 Å². The van der Waals surface area contributed by atoms with Crippen molar-refractivity contribution in [3.05, 3.63) is 0 Å². The standard InChI is InChI=1S/C6H12O2/c1-8-6-2-5(3-6)4-7/h5-7H,2-4H2,1H3/t5-,6+. The van der Waals surface area contributed by atoms with E-state index in [0.29, 0.717) is 18.6 Å². The molecule has 1 saturated carbocycles. The van der Waals surface area contributed by atoms with Crippen LogP contribution in [0.2, 0.25) is 0 Å². The molecule has 0 aromatic carbocycles. The van der Waals surface area contributed by atoms with Gasteiger partial charge in [-0.3, -0.25) is 0 Å². The normalized spacial score (nSPS) is 36.8. The Bertz CT molecular complexity index is 58.9. The average molecular weight is 116 g/mol. The maximum absolute atomic E-state index is 8.54. The van der Waals surface area contributed by atoms with Gasteiger partial charge in [0, 0.05) is 13.7 Å². The van der Waals surface area contributed by atoms with Crippen molar-refractivity contribution >= 4 is 0 Å². The highest BCUT2D eigenvalue weighted by atomic mass is 16.5. The van der Waals surface area contributed by atoms with E-state index in [4.69, 9.17) is 9.84 Å². The summed E-state index contributed by atoms with van der Waals surface area (Å²) in [5.74, 6) is 0.528. The first-order valence-corrected chi connectivity index (χ1v) is 3.00. The van der Waals surface area contributed by atoms with Crippen LogP contribution < -0.4 is 0 Å². The van der Waals surface area contributed by atoms with Gasteiger partial charge in [0.15, 0.2) is 0 Å². The summed E-state index contributed by atoms with van der Waals surface area (Å²) in [7, 11) is 1.72. The minimum Gasteiger partial charge on any atom is -0.396 e. The second-order valence-electron chi connectivity index (χ2n) is 2.38. The highest BCUT2D eigenvalue weighted by Crippen LogP contribution is 2.28. The van der Waals surface area contributed by atoms with E-state index in [1.807, 2.05) is 0 Å². The lowest BCUT2D eigenvalue weighted by Gasteiger charge is -2.32. The van der Waals surface area contributed by atoms with Crippen LogP contribution >= 0.6 is 0 Å². The number of methoxy groups -OCH3 is 1. The van der Waals surface area contributed by atoms with E-state index in [-0.39, 0.29) is 0 Å². The summed E-state index contributed by atoms with van der Waals surface area (Å²) in [6.45, 7) is 0.333. The molecule has 0 spiro atoms. The summed E-state index contributed by atoms with van der Waals surface area (Å²) in [5, 5.41) is 8.54. The van der Waals surface area contributed by atoms with Crippen molar-refractivity contribution in [2.75, 3.05) is 13.7 Å². The Morgan fingerprint density at radius 2 is 2.25 bits per heavy atom. The van der Waals surface area contributed by atoms with Crippen molar-refractivity contribution in [1.82, 2.24) is 0 Å². The molecule has 0 aliphatic heterocycles. The molecule has 0 unspecified atom stereocenters. The highest BCUT2D eigenvalue weighted by Gasteiger charge is 2.27. The first-order valence-electron chi connectivity index (χ1n) is 3.00. The van der Waals surface area contributed by atoms with E-state index < -0.39 is 0 Å². The smallest absolute Gasteiger partial charge is 0.0578 e. The highest BCUT2D eigenvalue weighted by molar-refractivity contribution is 4.78. The minimum absolute atomic E-state index is 0.333. The Morgan fingerprint density at radius 1 is 1.62 bits per heavy atom. The lowest BCUT2D eigenvalue weighted by Crippen LogP contribution is -2.32. The first kappa shape index (κ1) is 6.05. The molecule has 0 amide bonds. The molecular weight excluding hydrogens is 104 g/mol. The predicted octanol–water partition coefficient (Wildman–Crippen LogP) is 0.404. The van der Waals surface area contributed by atoms with Gasteiger partial charge in [0.05, 0.1) is 6.10 Å². The molecule has 1 N–H and O–H groups in total. The van der Waals surface area contributed by atoms with Crippen molar-refractivity contribution in [2.24, 2.45) is 5.92 Å². The first-order chi connectivity index (χ1) is 3.86. The summed E-state index contributed by atoms with van der Waals surface area (Å²) in [4.78, 5) is 0. The summed E-state index contributed by atoms with van der Waals surface area (Å²) >= 11 is 0. The van der Waals surface area contributed by atoms with E-state index >= 15 is 0 Å². The van der Waals surface area contributed by atoms with Crippen molar-refractivity contribution in [2.45, 2.75) is 18.9 Å². The van der Waals surface area contributed by atoms with Gasteiger partial charge in [-0.05, 0) is 18.8 Å². The van der Waals surface area contributed by atoms with Gasteiger partial charge in [0.25, 0.3) is 0 Å². The monoisotopic (exact) mass is 116 g/mol.